The van der Waals surface area contributed by atoms with Gasteiger partial charge in [-0.2, -0.15) is 0 Å². The molecule has 0 saturated carbocycles. The fraction of sp³-hybridized carbons (Fsp3) is 0.417. The molecule has 1 heterocycles. The van der Waals surface area contributed by atoms with Crippen molar-refractivity contribution < 1.29 is 19.1 Å². The van der Waals surface area contributed by atoms with Gasteiger partial charge in [-0.05, 0) is 56.7 Å². The molecule has 1 aliphatic rings. The third-order valence-electron chi connectivity index (χ3n) is 4.98. The lowest BCUT2D eigenvalue weighted by Gasteiger charge is -2.12. The van der Waals surface area contributed by atoms with Crippen LogP contribution in [0.1, 0.15) is 65.9 Å². The fourth-order valence-corrected chi connectivity index (χ4v) is 4.75. The Morgan fingerprint density at radius 3 is 2.77 bits per heavy atom. The minimum absolute atomic E-state index is 0.275. The Kier molecular flexibility index (Phi) is 8.08. The van der Waals surface area contributed by atoms with Crippen molar-refractivity contribution in [2.45, 2.75) is 52.4 Å². The molecule has 0 saturated heterocycles. The molecule has 0 aliphatic heterocycles. The van der Waals surface area contributed by atoms with Gasteiger partial charge in [0.05, 0.1) is 18.8 Å². The van der Waals surface area contributed by atoms with E-state index in [4.69, 9.17) is 9.47 Å². The molecule has 0 radical (unpaired) electrons. The van der Waals surface area contributed by atoms with E-state index in [9.17, 15) is 9.59 Å². The van der Waals surface area contributed by atoms with Crippen molar-refractivity contribution in [2.24, 2.45) is 0 Å². The quantitative estimate of drug-likeness (QED) is 0.320. The van der Waals surface area contributed by atoms with Crippen LogP contribution in [0.4, 0.5) is 5.00 Å². The summed E-state index contributed by atoms with van der Waals surface area (Å²) in [4.78, 5) is 26.3. The number of para-hydroxylation sites is 1. The summed E-state index contributed by atoms with van der Waals surface area (Å²) < 4.78 is 11.1. The van der Waals surface area contributed by atoms with E-state index in [1.807, 2.05) is 24.3 Å². The number of rotatable bonds is 9. The van der Waals surface area contributed by atoms with Crippen molar-refractivity contribution in [3.63, 3.8) is 0 Å². The number of unbranched alkanes of at least 4 members (excludes halogenated alkanes) is 1. The molecule has 1 aliphatic carbocycles. The summed E-state index contributed by atoms with van der Waals surface area (Å²) in [6, 6.07) is 7.65. The second kappa shape index (κ2) is 11.0. The average molecular weight is 428 g/mol. The first-order chi connectivity index (χ1) is 14.6. The van der Waals surface area contributed by atoms with Gasteiger partial charge < -0.3 is 14.8 Å². The Morgan fingerprint density at radius 1 is 1.17 bits per heavy atom. The van der Waals surface area contributed by atoms with Gasteiger partial charge in [-0.15, -0.1) is 11.3 Å². The van der Waals surface area contributed by atoms with Gasteiger partial charge in [0.15, 0.2) is 0 Å². The third kappa shape index (κ3) is 5.51. The number of hydrogen-bond acceptors (Lipinski definition) is 5. The van der Waals surface area contributed by atoms with Crippen LogP contribution in [-0.2, 0) is 22.4 Å². The van der Waals surface area contributed by atoms with Gasteiger partial charge in [0.25, 0.3) is 0 Å². The lowest BCUT2D eigenvalue weighted by Crippen LogP contribution is -2.14. The molecule has 5 nitrogen and oxygen atoms in total. The lowest BCUT2D eigenvalue weighted by atomic mass is 9.95. The molecule has 0 bridgehead atoms. The third-order valence-corrected chi connectivity index (χ3v) is 6.18. The highest BCUT2D eigenvalue weighted by molar-refractivity contribution is 7.17. The largest absolute Gasteiger partial charge is 0.493 e. The number of carbonyl (C=O) groups excluding carboxylic acids is 2. The maximum absolute atomic E-state index is 12.6. The number of aryl methyl sites for hydroxylation is 1. The van der Waals surface area contributed by atoms with Gasteiger partial charge in [-0.3, -0.25) is 4.79 Å². The number of nitrogens with one attached hydrogen (secondary N) is 1. The summed E-state index contributed by atoms with van der Waals surface area (Å²) in [6.45, 7) is 4.87. The number of ether oxygens (including phenoxy) is 2. The van der Waals surface area contributed by atoms with E-state index in [2.05, 4.69) is 12.2 Å². The molecule has 160 valence electrons. The highest BCUT2D eigenvalue weighted by Gasteiger charge is 2.26. The van der Waals surface area contributed by atoms with E-state index >= 15 is 0 Å². The number of esters is 1. The molecule has 1 aromatic heterocycles. The molecular weight excluding hydrogens is 398 g/mol. The van der Waals surface area contributed by atoms with Gasteiger partial charge in [-0.1, -0.05) is 31.5 Å². The first-order valence-electron chi connectivity index (χ1n) is 10.7. The average Bonchev–Trinajstić information content (AvgIpc) is 3.11. The Labute approximate surface area is 182 Å². The number of amides is 1. The van der Waals surface area contributed by atoms with Crippen LogP contribution in [0.3, 0.4) is 0 Å². The lowest BCUT2D eigenvalue weighted by molar-refractivity contribution is -0.111. The molecule has 1 aromatic carbocycles. The van der Waals surface area contributed by atoms with E-state index in [1.165, 1.54) is 22.3 Å². The van der Waals surface area contributed by atoms with Crippen molar-refractivity contribution in [3.8, 4) is 5.75 Å². The Bertz CT molecular complexity index is 916. The standard InChI is InChI=1S/C24H29NO4S/c1-3-5-16-29-19-12-8-6-10-17(19)14-15-21(26)25-23-22(24(27)28-4-2)18-11-7-9-13-20(18)30-23/h6,8,10,12,14-15H,3-5,7,9,11,13,16H2,1-2H3,(H,25,26). The molecule has 0 atom stereocenters. The Hall–Kier alpha value is -2.60. The monoisotopic (exact) mass is 427 g/mol. The molecule has 1 amide bonds. The number of hydrogen-bond donors (Lipinski definition) is 1. The first-order valence-corrected chi connectivity index (χ1v) is 11.5. The predicted molar refractivity (Wildman–Crippen MR) is 121 cm³/mol. The summed E-state index contributed by atoms with van der Waals surface area (Å²) in [7, 11) is 0. The number of anilines is 1. The molecule has 3 rings (SSSR count). The van der Waals surface area contributed by atoms with Crippen molar-refractivity contribution in [1.82, 2.24) is 0 Å². The Balaban J connectivity index is 1.75. The number of carbonyl (C=O) groups is 2. The minimum atomic E-state index is -0.356. The van der Waals surface area contributed by atoms with Crippen LogP contribution in [0.2, 0.25) is 0 Å². The maximum atomic E-state index is 12.6. The summed E-state index contributed by atoms with van der Waals surface area (Å²) in [5.74, 6) is 0.127. The molecule has 0 fully saturated rings. The molecular formula is C24H29NO4S. The minimum Gasteiger partial charge on any atom is -0.493 e. The van der Waals surface area contributed by atoms with Gasteiger partial charge in [0, 0.05) is 16.5 Å². The van der Waals surface area contributed by atoms with Crippen LogP contribution in [0.25, 0.3) is 6.08 Å². The Morgan fingerprint density at radius 2 is 1.97 bits per heavy atom. The van der Waals surface area contributed by atoms with Gasteiger partial charge in [0.1, 0.15) is 10.8 Å². The fourth-order valence-electron chi connectivity index (χ4n) is 3.47. The zero-order chi connectivity index (χ0) is 21.3. The molecule has 0 unspecified atom stereocenters. The van der Waals surface area contributed by atoms with Crippen molar-refractivity contribution >= 4 is 34.3 Å². The van der Waals surface area contributed by atoms with Crippen LogP contribution in [-0.4, -0.2) is 25.1 Å². The summed E-state index contributed by atoms with van der Waals surface area (Å²) in [5.41, 5.74) is 2.42. The zero-order valence-corrected chi connectivity index (χ0v) is 18.5. The molecule has 6 heteroatoms. The maximum Gasteiger partial charge on any atom is 0.341 e. The van der Waals surface area contributed by atoms with E-state index in [0.717, 1.165) is 55.4 Å². The molecule has 0 spiro atoms. The highest BCUT2D eigenvalue weighted by atomic mass is 32.1. The SMILES string of the molecule is CCCCOc1ccccc1C=CC(=O)Nc1sc2c(c1C(=O)OCC)CCCC2. The predicted octanol–water partition coefficient (Wildman–Crippen LogP) is 5.63. The highest BCUT2D eigenvalue weighted by Crippen LogP contribution is 2.38. The van der Waals surface area contributed by atoms with Gasteiger partial charge in [0.2, 0.25) is 5.91 Å². The second-order valence-electron chi connectivity index (χ2n) is 7.20. The van der Waals surface area contributed by atoms with Crippen molar-refractivity contribution in [3.05, 3.63) is 51.9 Å². The normalized spacial score (nSPS) is 13.1. The van der Waals surface area contributed by atoms with Crippen LogP contribution in [0, 0.1) is 0 Å². The van der Waals surface area contributed by atoms with Gasteiger partial charge in [-0.25, -0.2) is 4.79 Å². The number of fused-ring (bicyclic) bond motifs is 1. The van der Waals surface area contributed by atoms with Crippen LogP contribution in [0.15, 0.2) is 30.3 Å². The summed E-state index contributed by atoms with van der Waals surface area (Å²) in [6.07, 6.45) is 9.24. The summed E-state index contributed by atoms with van der Waals surface area (Å²) in [5, 5.41) is 3.49. The molecule has 1 N–H and O–H groups in total. The van der Waals surface area contributed by atoms with Crippen molar-refractivity contribution in [2.75, 3.05) is 18.5 Å². The number of benzene rings is 1. The number of thiophene rings is 1. The topological polar surface area (TPSA) is 64.6 Å². The first kappa shape index (κ1) is 22.1. The molecule has 2 aromatic rings. The van der Waals surface area contributed by atoms with Gasteiger partial charge >= 0.3 is 5.97 Å². The van der Waals surface area contributed by atoms with Crippen LogP contribution < -0.4 is 10.1 Å². The zero-order valence-electron chi connectivity index (χ0n) is 17.7. The van der Waals surface area contributed by atoms with E-state index < -0.39 is 0 Å². The van der Waals surface area contributed by atoms with Crippen LogP contribution in [0.5, 0.6) is 5.75 Å². The second-order valence-corrected chi connectivity index (χ2v) is 8.30. The van der Waals surface area contributed by atoms with E-state index in [1.54, 1.807) is 13.0 Å². The van der Waals surface area contributed by atoms with Crippen molar-refractivity contribution in [1.29, 1.82) is 0 Å². The smallest absolute Gasteiger partial charge is 0.341 e. The van der Waals surface area contributed by atoms with E-state index in [0.29, 0.717) is 23.8 Å². The molecule has 30 heavy (non-hydrogen) atoms. The van der Waals surface area contributed by atoms with E-state index in [-0.39, 0.29) is 11.9 Å². The summed E-state index contributed by atoms with van der Waals surface area (Å²) >= 11 is 1.49. The van der Waals surface area contributed by atoms with Crippen LogP contribution >= 0.6 is 11.3 Å².